The van der Waals surface area contributed by atoms with Crippen LogP contribution in [0, 0.1) is 11.8 Å². The van der Waals surface area contributed by atoms with Gasteiger partial charge in [0.15, 0.2) is 11.0 Å². The molecule has 2 heterocycles. The summed E-state index contributed by atoms with van der Waals surface area (Å²) in [5.74, 6) is 2.49. The van der Waals surface area contributed by atoms with Gasteiger partial charge in [0.1, 0.15) is 0 Å². The van der Waals surface area contributed by atoms with Crippen LogP contribution in [0.1, 0.15) is 44.5 Å². The van der Waals surface area contributed by atoms with Crippen LogP contribution in [0.4, 0.5) is 0 Å². The van der Waals surface area contributed by atoms with Crippen molar-refractivity contribution in [3.63, 3.8) is 0 Å². The Morgan fingerprint density at radius 3 is 2.72 bits per heavy atom. The number of carbonyl (C=O) groups is 1. The number of rotatable bonds is 8. The first-order valence-corrected chi connectivity index (χ1v) is 9.83. The Hall–Kier alpha value is -1.89. The number of nitrogens with zero attached hydrogens (tertiary/aromatic N) is 4. The molecule has 0 bridgehead atoms. The van der Waals surface area contributed by atoms with Gasteiger partial charge < -0.3 is 9.88 Å². The van der Waals surface area contributed by atoms with Gasteiger partial charge in [-0.1, -0.05) is 32.0 Å². The molecule has 1 N–H and O–H groups in total. The van der Waals surface area contributed by atoms with E-state index in [2.05, 4.69) is 38.9 Å². The number of hydrogen-bond donors (Lipinski definition) is 1. The molecule has 7 heteroatoms. The molecule has 0 atom stereocenters. The zero-order valence-electron chi connectivity index (χ0n) is 14.8. The second-order valence-corrected chi connectivity index (χ2v) is 7.84. The van der Waals surface area contributed by atoms with E-state index in [0.717, 1.165) is 42.5 Å². The number of hydrogen-bond acceptors (Lipinski definition) is 5. The Kier molecular flexibility index (Phi) is 6.07. The molecular formula is C18H25N5OS. The van der Waals surface area contributed by atoms with Gasteiger partial charge in [-0.05, 0) is 36.5 Å². The van der Waals surface area contributed by atoms with Crippen LogP contribution in [-0.4, -0.2) is 25.7 Å². The highest BCUT2D eigenvalue weighted by Gasteiger charge is 2.25. The first-order valence-electron chi connectivity index (χ1n) is 8.85. The lowest BCUT2D eigenvalue weighted by Crippen LogP contribution is -2.34. The van der Waals surface area contributed by atoms with Gasteiger partial charge >= 0.3 is 0 Å². The summed E-state index contributed by atoms with van der Waals surface area (Å²) in [6.45, 7) is 5.65. The summed E-state index contributed by atoms with van der Waals surface area (Å²) in [6, 6.07) is 4.02. The molecule has 0 radical (unpaired) electrons. The van der Waals surface area contributed by atoms with E-state index in [1.165, 1.54) is 5.56 Å². The van der Waals surface area contributed by atoms with Crippen molar-refractivity contribution in [3.05, 3.63) is 35.9 Å². The van der Waals surface area contributed by atoms with E-state index in [-0.39, 0.29) is 11.8 Å². The van der Waals surface area contributed by atoms with Crippen LogP contribution in [0.3, 0.4) is 0 Å². The van der Waals surface area contributed by atoms with Crippen molar-refractivity contribution in [1.82, 2.24) is 25.1 Å². The molecule has 1 amide bonds. The van der Waals surface area contributed by atoms with E-state index in [1.807, 2.05) is 12.1 Å². The fourth-order valence-corrected chi connectivity index (χ4v) is 3.64. The molecule has 2 aromatic heterocycles. The molecular weight excluding hydrogens is 334 g/mol. The third kappa shape index (κ3) is 4.81. The van der Waals surface area contributed by atoms with E-state index in [1.54, 1.807) is 24.2 Å². The lowest BCUT2D eigenvalue weighted by atomic mass is 9.85. The summed E-state index contributed by atoms with van der Waals surface area (Å²) in [7, 11) is 0. The minimum atomic E-state index is 0.149. The Morgan fingerprint density at radius 1 is 1.32 bits per heavy atom. The molecule has 134 valence electrons. The van der Waals surface area contributed by atoms with Crippen molar-refractivity contribution < 1.29 is 4.79 Å². The van der Waals surface area contributed by atoms with Crippen molar-refractivity contribution in [1.29, 1.82) is 0 Å². The Labute approximate surface area is 152 Å². The van der Waals surface area contributed by atoms with Gasteiger partial charge in [-0.15, -0.1) is 10.2 Å². The van der Waals surface area contributed by atoms with E-state index < -0.39 is 0 Å². The van der Waals surface area contributed by atoms with Gasteiger partial charge in [0.05, 0.1) is 6.54 Å². The van der Waals surface area contributed by atoms with Gasteiger partial charge in [0.2, 0.25) is 5.91 Å². The minimum Gasteiger partial charge on any atom is -0.349 e. The molecule has 0 saturated heterocycles. The highest BCUT2D eigenvalue weighted by molar-refractivity contribution is 7.98. The maximum absolute atomic E-state index is 12.1. The third-order valence-corrected chi connectivity index (χ3v) is 5.39. The van der Waals surface area contributed by atoms with Crippen LogP contribution in [0.15, 0.2) is 29.7 Å². The fourth-order valence-electron chi connectivity index (χ4n) is 2.71. The average molecular weight is 359 g/mol. The van der Waals surface area contributed by atoms with Crippen LogP contribution in [-0.2, 0) is 23.6 Å². The van der Waals surface area contributed by atoms with Gasteiger partial charge in [-0.25, -0.2) is 0 Å². The van der Waals surface area contributed by atoms with Crippen LogP contribution in [0.2, 0.25) is 0 Å². The topological polar surface area (TPSA) is 72.7 Å². The highest BCUT2D eigenvalue weighted by Crippen LogP contribution is 2.26. The Bertz CT molecular complexity index is 697. The predicted molar refractivity (Wildman–Crippen MR) is 97.8 cm³/mol. The summed E-state index contributed by atoms with van der Waals surface area (Å²) in [4.78, 5) is 16.1. The molecule has 3 rings (SSSR count). The van der Waals surface area contributed by atoms with E-state index in [0.29, 0.717) is 12.5 Å². The number of aromatic nitrogens is 4. The Morgan fingerprint density at radius 2 is 2.08 bits per heavy atom. The average Bonchev–Trinajstić information content (AvgIpc) is 2.91. The predicted octanol–water partition coefficient (Wildman–Crippen LogP) is 3.04. The van der Waals surface area contributed by atoms with Crippen LogP contribution in [0.5, 0.6) is 0 Å². The second-order valence-electron chi connectivity index (χ2n) is 6.89. The smallest absolute Gasteiger partial charge is 0.223 e. The monoisotopic (exact) mass is 359 g/mol. The standard InChI is InChI=1S/C18H25N5OS/c1-13(2)11-23-16(10-20-17(24)15-4-3-5-15)21-22-18(23)25-12-14-6-8-19-9-7-14/h6-9,13,15H,3-5,10-12H2,1-2H3,(H,20,24). The molecule has 1 aliphatic carbocycles. The zero-order chi connectivity index (χ0) is 17.6. The SMILES string of the molecule is CC(C)Cn1c(CNC(=O)C2CCC2)nnc1SCc1ccncc1. The maximum Gasteiger partial charge on any atom is 0.223 e. The summed E-state index contributed by atoms with van der Waals surface area (Å²) in [6.07, 6.45) is 6.79. The molecule has 0 aliphatic heterocycles. The van der Waals surface area contributed by atoms with Crippen molar-refractivity contribution in [3.8, 4) is 0 Å². The molecule has 0 aromatic carbocycles. The number of amides is 1. The van der Waals surface area contributed by atoms with Gasteiger partial charge in [0, 0.05) is 30.6 Å². The zero-order valence-corrected chi connectivity index (χ0v) is 15.6. The molecule has 1 aliphatic rings. The lowest BCUT2D eigenvalue weighted by molar-refractivity contribution is -0.127. The van der Waals surface area contributed by atoms with Gasteiger partial charge in [-0.2, -0.15) is 0 Å². The van der Waals surface area contributed by atoms with Gasteiger partial charge in [-0.3, -0.25) is 9.78 Å². The number of carbonyl (C=O) groups excluding carboxylic acids is 1. The number of nitrogens with one attached hydrogen (secondary N) is 1. The van der Waals surface area contributed by atoms with Crippen LogP contribution < -0.4 is 5.32 Å². The molecule has 2 aromatic rings. The molecule has 6 nitrogen and oxygen atoms in total. The van der Waals surface area contributed by atoms with Crippen LogP contribution >= 0.6 is 11.8 Å². The van der Waals surface area contributed by atoms with Crippen molar-refractivity contribution in [2.75, 3.05) is 0 Å². The van der Waals surface area contributed by atoms with Crippen molar-refractivity contribution >= 4 is 17.7 Å². The highest BCUT2D eigenvalue weighted by atomic mass is 32.2. The molecule has 0 spiro atoms. The second kappa shape index (κ2) is 8.47. The largest absolute Gasteiger partial charge is 0.349 e. The van der Waals surface area contributed by atoms with Crippen molar-refractivity contribution in [2.24, 2.45) is 11.8 Å². The van der Waals surface area contributed by atoms with E-state index in [9.17, 15) is 4.79 Å². The minimum absolute atomic E-state index is 0.149. The quantitative estimate of drug-likeness (QED) is 0.734. The van der Waals surface area contributed by atoms with Gasteiger partial charge in [0.25, 0.3) is 0 Å². The van der Waals surface area contributed by atoms with E-state index >= 15 is 0 Å². The first kappa shape index (κ1) is 17.9. The number of thioether (sulfide) groups is 1. The molecule has 1 fully saturated rings. The molecule has 25 heavy (non-hydrogen) atoms. The first-order chi connectivity index (χ1) is 12.1. The summed E-state index contributed by atoms with van der Waals surface area (Å²) in [5, 5.41) is 12.6. The summed E-state index contributed by atoms with van der Waals surface area (Å²) in [5.41, 5.74) is 1.21. The maximum atomic E-state index is 12.1. The van der Waals surface area contributed by atoms with Crippen molar-refractivity contribution in [2.45, 2.75) is 57.1 Å². The number of pyridine rings is 1. The molecule has 1 saturated carbocycles. The lowest BCUT2D eigenvalue weighted by Gasteiger charge is -2.24. The Balaban J connectivity index is 1.65. The fraction of sp³-hybridized carbons (Fsp3) is 0.556. The summed E-state index contributed by atoms with van der Waals surface area (Å²) < 4.78 is 2.14. The van der Waals surface area contributed by atoms with E-state index in [4.69, 9.17) is 0 Å². The normalized spacial score (nSPS) is 14.5. The van der Waals surface area contributed by atoms with Crippen LogP contribution in [0.25, 0.3) is 0 Å². The third-order valence-electron chi connectivity index (χ3n) is 4.36. The molecule has 0 unspecified atom stereocenters. The summed E-state index contributed by atoms with van der Waals surface area (Å²) >= 11 is 1.67.